The number of thiazole rings is 1. The molecule has 0 radical (unpaired) electrons. The second kappa shape index (κ2) is 7.83. The van der Waals surface area contributed by atoms with Gasteiger partial charge in [0.15, 0.2) is 0 Å². The molecule has 0 atom stereocenters. The van der Waals surface area contributed by atoms with Crippen molar-refractivity contribution >= 4 is 45.8 Å². The van der Waals surface area contributed by atoms with E-state index in [9.17, 15) is 14.0 Å². The number of anilines is 1. The zero-order valence-electron chi connectivity index (χ0n) is 12.9. The number of hydrogen-bond donors (Lipinski definition) is 1. The van der Waals surface area contributed by atoms with Crippen LogP contribution in [0.25, 0.3) is 16.8 Å². The Labute approximate surface area is 162 Å². The molecule has 1 aromatic heterocycles. The van der Waals surface area contributed by atoms with Crippen molar-refractivity contribution in [1.29, 1.82) is 5.26 Å². The normalized spacial score (nSPS) is 11.3. The molecule has 1 heterocycles. The zero-order valence-corrected chi connectivity index (χ0v) is 15.3. The highest BCUT2D eigenvalue weighted by molar-refractivity contribution is 7.11. The molecule has 0 aliphatic rings. The van der Waals surface area contributed by atoms with Crippen molar-refractivity contribution < 1.29 is 8.78 Å². The molecule has 8 heteroatoms. The van der Waals surface area contributed by atoms with Crippen LogP contribution in [0.15, 0.2) is 48.0 Å². The van der Waals surface area contributed by atoms with E-state index in [-0.39, 0.29) is 11.3 Å². The number of allylic oxidation sites excluding steroid dienone is 1. The Kier molecular flexibility index (Phi) is 5.52. The molecule has 3 rings (SSSR count). The van der Waals surface area contributed by atoms with E-state index < -0.39 is 11.6 Å². The number of rotatable bonds is 4. The molecule has 3 nitrogen and oxygen atoms in total. The summed E-state index contributed by atoms with van der Waals surface area (Å²) in [6.45, 7) is 0. The number of nitriles is 1. The number of aromatic nitrogens is 1. The molecule has 26 heavy (non-hydrogen) atoms. The summed E-state index contributed by atoms with van der Waals surface area (Å²) < 4.78 is 26.6. The van der Waals surface area contributed by atoms with E-state index in [2.05, 4.69) is 10.3 Å². The van der Waals surface area contributed by atoms with Crippen LogP contribution in [0.3, 0.4) is 0 Å². The minimum Gasteiger partial charge on any atom is -0.358 e. The van der Waals surface area contributed by atoms with Gasteiger partial charge in [-0.2, -0.15) is 5.26 Å². The first-order chi connectivity index (χ1) is 12.5. The van der Waals surface area contributed by atoms with E-state index in [4.69, 9.17) is 23.2 Å². The molecule has 0 aliphatic carbocycles. The van der Waals surface area contributed by atoms with Crippen LogP contribution in [-0.4, -0.2) is 4.98 Å². The van der Waals surface area contributed by atoms with Crippen LogP contribution >= 0.6 is 34.5 Å². The van der Waals surface area contributed by atoms with Crippen molar-refractivity contribution in [2.45, 2.75) is 0 Å². The molecule has 0 saturated carbocycles. The van der Waals surface area contributed by atoms with Crippen LogP contribution in [0.5, 0.6) is 0 Å². The highest BCUT2D eigenvalue weighted by Gasteiger charge is 2.11. The number of nitrogens with zero attached hydrogens (tertiary/aromatic N) is 2. The molecule has 130 valence electrons. The van der Waals surface area contributed by atoms with Crippen LogP contribution in [0.1, 0.15) is 5.01 Å². The molecule has 0 aliphatic heterocycles. The molecule has 0 amide bonds. The number of nitrogens with one attached hydrogen (secondary N) is 1. The lowest BCUT2D eigenvalue weighted by Gasteiger charge is -2.03. The van der Waals surface area contributed by atoms with Gasteiger partial charge in [-0.3, -0.25) is 0 Å². The summed E-state index contributed by atoms with van der Waals surface area (Å²) in [4.78, 5) is 4.40. The van der Waals surface area contributed by atoms with Gasteiger partial charge in [-0.15, -0.1) is 11.3 Å². The summed E-state index contributed by atoms with van der Waals surface area (Å²) in [5, 5.41) is 15.1. The van der Waals surface area contributed by atoms with E-state index in [0.717, 1.165) is 17.7 Å². The molecule has 0 saturated heterocycles. The summed E-state index contributed by atoms with van der Waals surface area (Å²) in [7, 11) is 0. The summed E-state index contributed by atoms with van der Waals surface area (Å²) in [5.41, 5.74) is 1.67. The quantitative estimate of drug-likeness (QED) is 0.510. The van der Waals surface area contributed by atoms with Crippen LogP contribution in [0.2, 0.25) is 10.0 Å². The fraction of sp³-hybridized carbons (Fsp3) is 0. The fourth-order valence-electron chi connectivity index (χ4n) is 2.08. The topological polar surface area (TPSA) is 48.7 Å². The average Bonchev–Trinajstić information content (AvgIpc) is 3.09. The smallest absolute Gasteiger partial charge is 0.149 e. The van der Waals surface area contributed by atoms with Crippen molar-refractivity contribution in [3.05, 3.63) is 74.7 Å². The monoisotopic (exact) mass is 407 g/mol. The van der Waals surface area contributed by atoms with Gasteiger partial charge in [0.2, 0.25) is 0 Å². The fourth-order valence-corrected chi connectivity index (χ4v) is 3.18. The molecule has 0 bridgehead atoms. The number of benzene rings is 2. The molecular formula is C18H9Cl2F2N3S. The van der Waals surface area contributed by atoms with Gasteiger partial charge < -0.3 is 5.32 Å². The standard InChI is InChI=1S/C18H9Cl2F2N3S/c19-13-3-1-10(5-14(13)20)17-9-26-18(25-17)11(7-23)8-24-16-4-2-12(21)6-15(16)22/h1-6,8-9,24H/b11-8-. The summed E-state index contributed by atoms with van der Waals surface area (Å²) in [6, 6.07) is 10.3. The Hall–Kier alpha value is -2.46. The van der Waals surface area contributed by atoms with E-state index in [0.29, 0.717) is 20.7 Å². The first kappa shape index (κ1) is 18.3. The Morgan fingerprint density at radius 3 is 2.65 bits per heavy atom. The van der Waals surface area contributed by atoms with Gasteiger partial charge in [-0.1, -0.05) is 29.3 Å². The van der Waals surface area contributed by atoms with E-state index in [1.165, 1.54) is 23.6 Å². The van der Waals surface area contributed by atoms with Crippen molar-refractivity contribution in [3.63, 3.8) is 0 Å². The maximum absolute atomic E-state index is 13.7. The SMILES string of the molecule is N#C/C(=C/Nc1ccc(F)cc1F)c1nc(-c2ccc(Cl)c(Cl)c2)cs1. The van der Waals surface area contributed by atoms with Gasteiger partial charge in [0.05, 0.1) is 21.4 Å². The molecular weight excluding hydrogens is 399 g/mol. The van der Waals surface area contributed by atoms with Crippen molar-refractivity contribution in [2.75, 3.05) is 5.32 Å². The first-order valence-corrected chi connectivity index (χ1v) is 8.84. The lowest BCUT2D eigenvalue weighted by atomic mass is 10.2. The highest BCUT2D eigenvalue weighted by Crippen LogP contribution is 2.31. The average molecular weight is 408 g/mol. The van der Waals surface area contributed by atoms with E-state index in [1.807, 2.05) is 6.07 Å². The van der Waals surface area contributed by atoms with Crippen molar-refractivity contribution in [3.8, 4) is 17.3 Å². The Morgan fingerprint density at radius 1 is 1.15 bits per heavy atom. The zero-order chi connectivity index (χ0) is 18.7. The first-order valence-electron chi connectivity index (χ1n) is 7.21. The van der Waals surface area contributed by atoms with E-state index in [1.54, 1.807) is 23.6 Å². The minimum absolute atomic E-state index is 0.0559. The summed E-state index contributed by atoms with van der Waals surface area (Å²) in [6.07, 6.45) is 1.33. The summed E-state index contributed by atoms with van der Waals surface area (Å²) in [5.74, 6) is -1.43. The van der Waals surface area contributed by atoms with Gasteiger partial charge in [0.1, 0.15) is 28.3 Å². The third-order valence-electron chi connectivity index (χ3n) is 3.37. The van der Waals surface area contributed by atoms with Gasteiger partial charge in [-0.25, -0.2) is 13.8 Å². The second-order valence-corrected chi connectivity index (χ2v) is 6.78. The lowest BCUT2D eigenvalue weighted by molar-refractivity contribution is 0.586. The van der Waals surface area contributed by atoms with E-state index >= 15 is 0 Å². The molecule has 2 aromatic carbocycles. The predicted octanol–water partition coefficient (Wildman–Crippen LogP) is 6.37. The van der Waals surface area contributed by atoms with Crippen molar-refractivity contribution in [1.82, 2.24) is 4.98 Å². The van der Waals surface area contributed by atoms with Crippen LogP contribution in [0, 0.1) is 23.0 Å². The maximum atomic E-state index is 13.7. The van der Waals surface area contributed by atoms with Gasteiger partial charge in [0, 0.05) is 23.2 Å². The Bertz CT molecular complexity index is 1040. The molecule has 1 N–H and O–H groups in total. The molecule has 3 aromatic rings. The molecule has 0 fully saturated rings. The number of halogens is 4. The maximum Gasteiger partial charge on any atom is 0.149 e. The van der Waals surface area contributed by atoms with Gasteiger partial charge in [-0.05, 0) is 24.3 Å². The Morgan fingerprint density at radius 2 is 1.96 bits per heavy atom. The van der Waals surface area contributed by atoms with Gasteiger partial charge >= 0.3 is 0 Å². The minimum atomic E-state index is -0.755. The predicted molar refractivity (Wildman–Crippen MR) is 101 cm³/mol. The van der Waals surface area contributed by atoms with Crippen LogP contribution < -0.4 is 5.32 Å². The lowest BCUT2D eigenvalue weighted by Crippen LogP contribution is -1.94. The molecule has 0 unspecified atom stereocenters. The number of hydrogen-bond acceptors (Lipinski definition) is 4. The Balaban J connectivity index is 1.86. The summed E-state index contributed by atoms with van der Waals surface area (Å²) >= 11 is 13.2. The van der Waals surface area contributed by atoms with Crippen LogP contribution in [-0.2, 0) is 0 Å². The van der Waals surface area contributed by atoms with Crippen LogP contribution in [0.4, 0.5) is 14.5 Å². The third-order valence-corrected chi connectivity index (χ3v) is 4.99. The van der Waals surface area contributed by atoms with Gasteiger partial charge in [0.25, 0.3) is 0 Å². The van der Waals surface area contributed by atoms with Crippen molar-refractivity contribution in [2.24, 2.45) is 0 Å². The molecule has 0 spiro atoms. The highest BCUT2D eigenvalue weighted by atomic mass is 35.5. The second-order valence-electron chi connectivity index (χ2n) is 5.11. The third kappa shape index (κ3) is 4.02. The largest absolute Gasteiger partial charge is 0.358 e.